The van der Waals surface area contributed by atoms with E-state index < -0.39 is 0 Å². The van der Waals surface area contributed by atoms with Gasteiger partial charge in [-0.1, -0.05) is 12.1 Å². The van der Waals surface area contributed by atoms with Gasteiger partial charge in [0.2, 0.25) is 5.91 Å². The maximum Gasteiger partial charge on any atom is 0.231 e. The molecule has 0 unspecified atom stereocenters. The summed E-state index contributed by atoms with van der Waals surface area (Å²) < 4.78 is 0. The fourth-order valence-corrected chi connectivity index (χ4v) is 2.52. The topological polar surface area (TPSA) is 73.4 Å². The number of nitrogens with two attached hydrogens (primary N) is 1. The molecule has 1 fully saturated rings. The molecule has 1 saturated heterocycles. The molecule has 1 aliphatic heterocycles. The highest BCUT2D eigenvalue weighted by atomic mass is 16.1. The number of anilines is 1. The van der Waals surface area contributed by atoms with Gasteiger partial charge in [-0.3, -0.25) is 9.69 Å². The van der Waals surface area contributed by atoms with Gasteiger partial charge < -0.3 is 10.6 Å². The molecule has 1 aromatic rings. The van der Waals surface area contributed by atoms with Gasteiger partial charge >= 0.3 is 0 Å². The number of hydrogen-bond acceptors (Lipinski definition) is 4. The van der Waals surface area contributed by atoms with Gasteiger partial charge in [0.1, 0.15) is 6.07 Å². The third kappa shape index (κ3) is 3.04. The highest BCUT2D eigenvalue weighted by molar-refractivity contribution is 5.76. The van der Waals surface area contributed by atoms with Crippen molar-refractivity contribution in [2.75, 3.05) is 37.6 Å². The van der Waals surface area contributed by atoms with E-state index in [0.29, 0.717) is 12.1 Å². The Kier molecular flexibility index (Phi) is 4.03. The first kappa shape index (κ1) is 13.4. The van der Waals surface area contributed by atoms with Crippen molar-refractivity contribution in [3.8, 4) is 6.07 Å². The summed E-state index contributed by atoms with van der Waals surface area (Å²) in [5.41, 5.74) is 8.04. The normalized spacial score (nSPS) is 16.1. The second-order valence-electron chi connectivity index (χ2n) is 4.81. The molecular weight excluding hydrogens is 240 g/mol. The quantitative estimate of drug-likeness (QED) is 0.855. The van der Waals surface area contributed by atoms with E-state index in [1.165, 1.54) is 0 Å². The lowest BCUT2D eigenvalue weighted by molar-refractivity contribution is -0.119. The van der Waals surface area contributed by atoms with Gasteiger partial charge in [0, 0.05) is 26.2 Å². The van der Waals surface area contributed by atoms with Gasteiger partial charge in [-0.25, -0.2) is 0 Å². The number of aryl methyl sites for hydroxylation is 1. The van der Waals surface area contributed by atoms with E-state index in [1.807, 2.05) is 30.0 Å². The smallest absolute Gasteiger partial charge is 0.231 e. The molecule has 0 spiro atoms. The largest absolute Gasteiger partial charge is 0.369 e. The molecule has 1 aliphatic rings. The van der Waals surface area contributed by atoms with Gasteiger partial charge in [0.15, 0.2) is 0 Å². The third-order valence-corrected chi connectivity index (χ3v) is 3.43. The summed E-state index contributed by atoms with van der Waals surface area (Å²) in [6, 6.07) is 8.02. The van der Waals surface area contributed by atoms with E-state index in [0.717, 1.165) is 37.4 Å². The van der Waals surface area contributed by atoms with Crippen LogP contribution in [0.25, 0.3) is 0 Å². The zero-order chi connectivity index (χ0) is 13.8. The standard InChI is InChI=1S/C14H18N4O/c1-11-3-2-4-12(9-15)14(11)18-7-5-17(6-8-18)10-13(16)19/h2-4H,5-8,10H2,1H3,(H2,16,19). The fourth-order valence-electron chi connectivity index (χ4n) is 2.52. The van der Waals surface area contributed by atoms with Crippen LogP contribution in [-0.2, 0) is 4.79 Å². The number of nitriles is 1. The highest BCUT2D eigenvalue weighted by Crippen LogP contribution is 2.25. The first-order valence-corrected chi connectivity index (χ1v) is 6.37. The average molecular weight is 258 g/mol. The van der Waals surface area contributed by atoms with Crippen LogP contribution in [0.1, 0.15) is 11.1 Å². The van der Waals surface area contributed by atoms with Crippen LogP contribution in [0.15, 0.2) is 18.2 Å². The Hall–Kier alpha value is -2.06. The van der Waals surface area contributed by atoms with Crippen LogP contribution in [0.3, 0.4) is 0 Å². The van der Waals surface area contributed by atoms with Gasteiger partial charge in [0.05, 0.1) is 17.8 Å². The predicted octanol–water partition coefficient (Wildman–Crippen LogP) is 0.474. The molecule has 1 heterocycles. The number of hydrogen-bond donors (Lipinski definition) is 1. The average Bonchev–Trinajstić information content (AvgIpc) is 2.39. The van der Waals surface area contributed by atoms with E-state index in [1.54, 1.807) is 0 Å². The van der Waals surface area contributed by atoms with E-state index >= 15 is 0 Å². The second kappa shape index (κ2) is 5.72. The Morgan fingerprint density at radius 2 is 2.05 bits per heavy atom. The number of carbonyl (C=O) groups excluding carboxylic acids is 1. The van der Waals surface area contributed by atoms with Crippen LogP contribution in [0.4, 0.5) is 5.69 Å². The van der Waals surface area contributed by atoms with E-state index in [2.05, 4.69) is 11.0 Å². The number of primary amides is 1. The fraction of sp³-hybridized carbons (Fsp3) is 0.429. The second-order valence-corrected chi connectivity index (χ2v) is 4.81. The van der Waals surface area contributed by atoms with Gasteiger partial charge in [-0.05, 0) is 18.6 Å². The number of piperazine rings is 1. The van der Waals surface area contributed by atoms with Crippen molar-refractivity contribution in [1.29, 1.82) is 5.26 Å². The van der Waals surface area contributed by atoms with E-state index in [9.17, 15) is 10.1 Å². The lowest BCUT2D eigenvalue weighted by Crippen LogP contribution is -2.49. The Balaban J connectivity index is 2.10. The van der Waals surface area contributed by atoms with E-state index in [4.69, 9.17) is 5.73 Å². The van der Waals surface area contributed by atoms with Crippen molar-refractivity contribution in [3.05, 3.63) is 29.3 Å². The van der Waals surface area contributed by atoms with Crippen LogP contribution in [0, 0.1) is 18.3 Å². The lowest BCUT2D eigenvalue weighted by Gasteiger charge is -2.36. The maximum absolute atomic E-state index is 10.9. The van der Waals surface area contributed by atoms with Crippen molar-refractivity contribution in [2.45, 2.75) is 6.92 Å². The highest BCUT2D eigenvalue weighted by Gasteiger charge is 2.21. The van der Waals surface area contributed by atoms with Crippen molar-refractivity contribution in [1.82, 2.24) is 4.90 Å². The minimum Gasteiger partial charge on any atom is -0.369 e. The lowest BCUT2D eigenvalue weighted by atomic mass is 10.1. The van der Waals surface area contributed by atoms with Crippen molar-refractivity contribution >= 4 is 11.6 Å². The molecular formula is C14H18N4O. The van der Waals surface area contributed by atoms with Crippen LogP contribution in [-0.4, -0.2) is 43.5 Å². The van der Waals surface area contributed by atoms with Crippen LogP contribution in [0.2, 0.25) is 0 Å². The number of benzene rings is 1. The van der Waals surface area contributed by atoms with Crippen LogP contribution >= 0.6 is 0 Å². The summed E-state index contributed by atoms with van der Waals surface area (Å²) in [6.07, 6.45) is 0. The molecule has 1 aromatic carbocycles. The number of nitrogens with zero attached hydrogens (tertiary/aromatic N) is 3. The summed E-state index contributed by atoms with van der Waals surface area (Å²) in [7, 11) is 0. The SMILES string of the molecule is Cc1cccc(C#N)c1N1CCN(CC(N)=O)CC1. The molecule has 19 heavy (non-hydrogen) atoms. The summed E-state index contributed by atoms with van der Waals surface area (Å²) in [4.78, 5) is 15.2. The Morgan fingerprint density at radius 1 is 1.37 bits per heavy atom. The van der Waals surface area contributed by atoms with Crippen LogP contribution < -0.4 is 10.6 Å². The van der Waals surface area contributed by atoms with Crippen LogP contribution in [0.5, 0.6) is 0 Å². The minimum absolute atomic E-state index is 0.290. The first-order valence-electron chi connectivity index (χ1n) is 6.37. The first-order chi connectivity index (χ1) is 9.11. The summed E-state index contributed by atoms with van der Waals surface area (Å²) >= 11 is 0. The van der Waals surface area contributed by atoms with Gasteiger partial charge in [-0.2, -0.15) is 5.26 Å². The number of rotatable bonds is 3. The zero-order valence-corrected chi connectivity index (χ0v) is 11.1. The molecule has 2 rings (SSSR count). The van der Waals surface area contributed by atoms with Gasteiger partial charge in [0.25, 0.3) is 0 Å². The van der Waals surface area contributed by atoms with E-state index in [-0.39, 0.29) is 5.91 Å². The molecule has 0 aromatic heterocycles. The third-order valence-electron chi connectivity index (χ3n) is 3.43. The predicted molar refractivity (Wildman–Crippen MR) is 73.7 cm³/mol. The zero-order valence-electron chi connectivity index (χ0n) is 11.1. The molecule has 0 aliphatic carbocycles. The number of para-hydroxylation sites is 1. The van der Waals surface area contributed by atoms with Crippen molar-refractivity contribution < 1.29 is 4.79 Å². The minimum atomic E-state index is -0.290. The maximum atomic E-state index is 10.9. The molecule has 0 atom stereocenters. The Labute approximate surface area is 113 Å². The van der Waals surface area contributed by atoms with Gasteiger partial charge in [-0.15, -0.1) is 0 Å². The molecule has 2 N–H and O–H groups in total. The summed E-state index contributed by atoms with van der Waals surface area (Å²) in [5, 5.41) is 9.20. The molecule has 100 valence electrons. The molecule has 1 amide bonds. The summed E-state index contributed by atoms with van der Waals surface area (Å²) in [6.45, 7) is 5.54. The molecule has 5 heteroatoms. The van der Waals surface area contributed by atoms with Crippen molar-refractivity contribution in [3.63, 3.8) is 0 Å². The molecule has 0 radical (unpaired) electrons. The molecule has 0 bridgehead atoms. The monoisotopic (exact) mass is 258 g/mol. The van der Waals surface area contributed by atoms with Crippen molar-refractivity contribution in [2.24, 2.45) is 5.73 Å². The number of amides is 1. The summed E-state index contributed by atoms with van der Waals surface area (Å²) in [5.74, 6) is -0.290. The molecule has 0 saturated carbocycles. The Morgan fingerprint density at radius 3 is 2.63 bits per heavy atom. The number of carbonyl (C=O) groups is 1. The Bertz CT molecular complexity index is 513. The molecule has 5 nitrogen and oxygen atoms in total.